The van der Waals surface area contributed by atoms with Crippen LogP contribution in [-0.4, -0.2) is 18.5 Å². The van der Waals surface area contributed by atoms with E-state index in [0.29, 0.717) is 24.8 Å². The van der Waals surface area contributed by atoms with Crippen molar-refractivity contribution in [2.45, 2.75) is 51.0 Å². The predicted octanol–water partition coefficient (Wildman–Crippen LogP) is 4.80. The molecule has 1 fully saturated rings. The minimum absolute atomic E-state index is 0.0416. The van der Waals surface area contributed by atoms with E-state index < -0.39 is 5.92 Å². The molecule has 1 aliphatic carbocycles. The van der Waals surface area contributed by atoms with Gasteiger partial charge in [-0.1, -0.05) is 35.0 Å². The van der Waals surface area contributed by atoms with Gasteiger partial charge in [-0.15, -0.1) is 0 Å². The summed E-state index contributed by atoms with van der Waals surface area (Å²) in [6.07, 6.45) is 2.25. The second kappa shape index (κ2) is 6.99. The molecular weight excluding hydrogens is 324 g/mol. The summed E-state index contributed by atoms with van der Waals surface area (Å²) < 4.78 is 27.6. The SMILES string of the molecule is CCNC(Cc1ccc(Br)cc1)C1CCC(F)(F)CC1. The van der Waals surface area contributed by atoms with Gasteiger partial charge in [-0.25, -0.2) is 8.78 Å². The van der Waals surface area contributed by atoms with Crippen LogP contribution in [0.3, 0.4) is 0 Å². The van der Waals surface area contributed by atoms with Gasteiger partial charge in [0.1, 0.15) is 0 Å². The Morgan fingerprint density at radius 1 is 1.25 bits per heavy atom. The first-order valence-electron chi connectivity index (χ1n) is 7.36. The summed E-state index contributed by atoms with van der Waals surface area (Å²) in [5, 5.41) is 3.49. The third kappa shape index (κ3) is 4.52. The van der Waals surface area contributed by atoms with Crippen molar-refractivity contribution >= 4 is 15.9 Å². The van der Waals surface area contributed by atoms with Gasteiger partial charge in [0.05, 0.1) is 0 Å². The van der Waals surface area contributed by atoms with Crippen LogP contribution in [0, 0.1) is 5.92 Å². The Labute approximate surface area is 128 Å². The molecule has 112 valence electrons. The standard InChI is InChI=1S/C16H22BrF2N/c1-2-20-15(11-12-3-5-14(17)6-4-12)13-7-9-16(18,19)10-8-13/h3-6,13,15,20H,2,7-11H2,1H3. The lowest BCUT2D eigenvalue weighted by Gasteiger charge is -2.34. The highest BCUT2D eigenvalue weighted by molar-refractivity contribution is 9.10. The number of benzene rings is 1. The van der Waals surface area contributed by atoms with Gasteiger partial charge in [-0.3, -0.25) is 0 Å². The maximum absolute atomic E-state index is 13.3. The summed E-state index contributed by atoms with van der Waals surface area (Å²) in [5.74, 6) is -2.08. The van der Waals surface area contributed by atoms with Crippen LogP contribution in [0.5, 0.6) is 0 Å². The molecule has 0 bridgehead atoms. The van der Waals surface area contributed by atoms with Gasteiger partial charge in [0.15, 0.2) is 0 Å². The number of hydrogen-bond acceptors (Lipinski definition) is 1. The Morgan fingerprint density at radius 2 is 1.85 bits per heavy atom. The molecule has 0 amide bonds. The van der Waals surface area contributed by atoms with Gasteiger partial charge in [0.2, 0.25) is 5.92 Å². The van der Waals surface area contributed by atoms with Crippen LogP contribution in [-0.2, 0) is 6.42 Å². The second-order valence-electron chi connectivity index (χ2n) is 5.69. The Hall–Kier alpha value is -0.480. The normalized spacial score (nSPS) is 20.8. The minimum Gasteiger partial charge on any atom is -0.314 e. The van der Waals surface area contributed by atoms with Crippen LogP contribution in [0.25, 0.3) is 0 Å². The first-order valence-corrected chi connectivity index (χ1v) is 8.15. The molecule has 1 nitrogen and oxygen atoms in total. The zero-order chi connectivity index (χ0) is 14.6. The summed E-state index contributed by atoms with van der Waals surface area (Å²) >= 11 is 3.43. The fraction of sp³-hybridized carbons (Fsp3) is 0.625. The molecule has 1 N–H and O–H groups in total. The zero-order valence-electron chi connectivity index (χ0n) is 11.8. The molecule has 1 saturated carbocycles. The third-order valence-corrected chi connectivity index (χ3v) is 4.69. The van der Waals surface area contributed by atoms with E-state index in [4.69, 9.17) is 0 Å². The molecular formula is C16H22BrF2N. The first-order chi connectivity index (χ1) is 9.50. The molecule has 1 atom stereocenters. The summed E-state index contributed by atoms with van der Waals surface area (Å²) in [6, 6.07) is 8.58. The van der Waals surface area contributed by atoms with Crippen molar-refractivity contribution in [2.24, 2.45) is 5.92 Å². The number of nitrogens with one attached hydrogen (secondary N) is 1. The molecule has 2 rings (SSSR count). The van der Waals surface area contributed by atoms with Crippen molar-refractivity contribution in [3.63, 3.8) is 0 Å². The van der Waals surface area contributed by atoms with Crippen LogP contribution in [0.4, 0.5) is 8.78 Å². The molecule has 0 aliphatic heterocycles. The van der Waals surface area contributed by atoms with E-state index in [9.17, 15) is 8.78 Å². The van der Waals surface area contributed by atoms with Gasteiger partial charge >= 0.3 is 0 Å². The van der Waals surface area contributed by atoms with Crippen LogP contribution in [0.1, 0.15) is 38.2 Å². The number of hydrogen-bond donors (Lipinski definition) is 1. The Morgan fingerprint density at radius 3 is 2.40 bits per heavy atom. The van der Waals surface area contributed by atoms with E-state index in [-0.39, 0.29) is 12.8 Å². The topological polar surface area (TPSA) is 12.0 Å². The highest BCUT2D eigenvalue weighted by Gasteiger charge is 2.37. The Balaban J connectivity index is 1.98. The van der Waals surface area contributed by atoms with Crippen molar-refractivity contribution in [1.29, 1.82) is 0 Å². The molecule has 1 aliphatic rings. The third-order valence-electron chi connectivity index (χ3n) is 4.17. The average molecular weight is 346 g/mol. The summed E-state index contributed by atoms with van der Waals surface area (Å²) in [4.78, 5) is 0. The molecule has 1 aromatic carbocycles. The van der Waals surface area contributed by atoms with Gasteiger partial charge in [0.25, 0.3) is 0 Å². The average Bonchev–Trinajstić information content (AvgIpc) is 2.41. The molecule has 0 saturated heterocycles. The van der Waals surface area contributed by atoms with E-state index in [1.165, 1.54) is 5.56 Å². The largest absolute Gasteiger partial charge is 0.314 e. The van der Waals surface area contributed by atoms with Crippen LogP contribution in [0.2, 0.25) is 0 Å². The number of halogens is 3. The lowest BCUT2D eigenvalue weighted by Crippen LogP contribution is -2.41. The molecule has 0 heterocycles. The smallest absolute Gasteiger partial charge is 0.248 e. The lowest BCUT2D eigenvalue weighted by atomic mass is 9.80. The monoisotopic (exact) mass is 345 g/mol. The first kappa shape index (κ1) is 15.9. The fourth-order valence-electron chi connectivity index (χ4n) is 3.01. The maximum atomic E-state index is 13.3. The van der Waals surface area contributed by atoms with Crippen LogP contribution >= 0.6 is 15.9 Å². The Bertz CT molecular complexity index is 409. The van der Waals surface area contributed by atoms with Gasteiger partial charge in [-0.05, 0) is 49.4 Å². The quantitative estimate of drug-likeness (QED) is 0.808. The molecule has 1 aromatic rings. The highest BCUT2D eigenvalue weighted by atomic mass is 79.9. The van der Waals surface area contributed by atoms with Gasteiger partial charge in [0, 0.05) is 23.4 Å². The van der Waals surface area contributed by atoms with Crippen molar-refractivity contribution < 1.29 is 8.78 Å². The molecule has 0 aromatic heterocycles. The molecule has 0 radical (unpaired) electrons. The molecule has 0 spiro atoms. The van der Waals surface area contributed by atoms with Gasteiger partial charge in [-0.2, -0.15) is 0 Å². The zero-order valence-corrected chi connectivity index (χ0v) is 13.4. The van der Waals surface area contributed by atoms with E-state index >= 15 is 0 Å². The predicted molar refractivity (Wildman–Crippen MR) is 82.2 cm³/mol. The molecule has 20 heavy (non-hydrogen) atoms. The van der Waals surface area contributed by atoms with Crippen molar-refractivity contribution in [3.8, 4) is 0 Å². The van der Waals surface area contributed by atoms with E-state index in [2.05, 4.69) is 40.3 Å². The van der Waals surface area contributed by atoms with Crippen molar-refractivity contribution in [1.82, 2.24) is 5.32 Å². The van der Waals surface area contributed by atoms with Crippen LogP contribution < -0.4 is 5.32 Å². The van der Waals surface area contributed by atoms with E-state index in [1.54, 1.807) is 0 Å². The molecule has 4 heteroatoms. The van der Waals surface area contributed by atoms with Crippen molar-refractivity contribution in [2.75, 3.05) is 6.54 Å². The Kier molecular flexibility index (Phi) is 5.56. The fourth-order valence-corrected chi connectivity index (χ4v) is 3.27. The summed E-state index contributed by atoms with van der Waals surface area (Å²) in [5.41, 5.74) is 1.26. The summed E-state index contributed by atoms with van der Waals surface area (Å²) in [6.45, 7) is 2.96. The van der Waals surface area contributed by atoms with Crippen molar-refractivity contribution in [3.05, 3.63) is 34.3 Å². The second-order valence-corrected chi connectivity index (χ2v) is 6.60. The van der Waals surface area contributed by atoms with Crippen LogP contribution in [0.15, 0.2) is 28.7 Å². The number of rotatable bonds is 5. The highest BCUT2D eigenvalue weighted by Crippen LogP contribution is 2.38. The number of likely N-dealkylation sites (N-methyl/N-ethyl adjacent to an activating group) is 1. The maximum Gasteiger partial charge on any atom is 0.248 e. The molecule has 1 unspecified atom stereocenters. The number of alkyl halides is 2. The lowest BCUT2D eigenvalue weighted by molar-refractivity contribution is -0.0494. The van der Waals surface area contributed by atoms with E-state index in [0.717, 1.165) is 17.4 Å². The minimum atomic E-state index is -2.44. The van der Waals surface area contributed by atoms with E-state index in [1.807, 2.05) is 12.1 Å². The summed E-state index contributed by atoms with van der Waals surface area (Å²) in [7, 11) is 0. The van der Waals surface area contributed by atoms with Gasteiger partial charge < -0.3 is 5.32 Å².